The van der Waals surface area contributed by atoms with Gasteiger partial charge in [0.1, 0.15) is 5.60 Å². The van der Waals surface area contributed by atoms with Crippen molar-refractivity contribution in [3.8, 4) is 0 Å². The van der Waals surface area contributed by atoms with E-state index < -0.39 is 5.60 Å². The van der Waals surface area contributed by atoms with Crippen LogP contribution in [0, 0.1) is 0 Å². The fourth-order valence-electron chi connectivity index (χ4n) is 2.68. The fourth-order valence-corrected chi connectivity index (χ4v) is 2.68. The van der Waals surface area contributed by atoms with Gasteiger partial charge in [-0.15, -0.1) is 0 Å². The predicted molar refractivity (Wildman–Crippen MR) is 65.7 cm³/mol. The van der Waals surface area contributed by atoms with E-state index in [9.17, 15) is 5.11 Å². The van der Waals surface area contributed by atoms with Crippen LogP contribution < -0.4 is 0 Å². The number of ether oxygens (including phenoxy) is 1. The molecule has 1 aliphatic carbocycles. The highest BCUT2D eigenvalue weighted by Crippen LogP contribution is 2.37. The first-order valence-electron chi connectivity index (χ1n) is 6.47. The van der Waals surface area contributed by atoms with Gasteiger partial charge in [0.25, 0.3) is 0 Å². The maximum atomic E-state index is 10.7. The molecule has 0 spiro atoms. The van der Waals surface area contributed by atoms with Crippen molar-refractivity contribution in [3.05, 3.63) is 18.0 Å². The van der Waals surface area contributed by atoms with E-state index in [1.807, 2.05) is 10.7 Å². The van der Waals surface area contributed by atoms with Crippen LogP contribution >= 0.6 is 0 Å². The molecule has 1 fully saturated rings. The first-order valence-corrected chi connectivity index (χ1v) is 6.47. The number of nitrogens with zero attached hydrogens (tertiary/aromatic N) is 2. The molecule has 0 aromatic carbocycles. The summed E-state index contributed by atoms with van der Waals surface area (Å²) in [4.78, 5) is 0. The highest BCUT2D eigenvalue weighted by Gasteiger charge is 2.37. The van der Waals surface area contributed by atoms with Gasteiger partial charge in [-0.1, -0.05) is 6.92 Å². The Morgan fingerprint density at radius 1 is 1.53 bits per heavy atom. The van der Waals surface area contributed by atoms with Gasteiger partial charge in [0.2, 0.25) is 0 Å². The third kappa shape index (κ3) is 2.53. The number of aryl methyl sites for hydroxylation is 1. The van der Waals surface area contributed by atoms with Crippen LogP contribution in [0.4, 0.5) is 0 Å². The van der Waals surface area contributed by atoms with Crippen LogP contribution in [0.1, 0.15) is 44.7 Å². The number of aromatic nitrogens is 2. The van der Waals surface area contributed by atoms with Crippen molar-refractivity contribution in [2.24, 2.45) is 0 Å². The third-order valence-electron chi connectivity index (χ3n) is 3.72. The minimum atomic E-state index is -0.708. The van der Waals surface area contributed by atoms with Crippen molar-refractivity contribution < 1.29 is 9.84 Å². The van der Waals surface area contributed by atoms with Crippen molar-refractivity contribution >= 4 is 0 Å². The van der Waals surface area contributed by atoms with Crippen molar-refractivity contribution in [3.63, 3.8) is 0 Å². The fraction of sp³-hybridized carbons (Fsp3) is 0.769. The summed E-state index contributed by atoms with van der Waals surface area (Å²) in [6.45, 7) is 3.00. The van der Waals surface area contributed by atoms with E-state index in [1.165, 1.54) is 0 Å². The first-order chi connectivity index (χ1) is 8.19. The first kappa shape index (κ1) is 12.6. The number of aliphatic hydroxyl groups is 1. The van der Waals surface area contributed by atoms with Gasteiger partial charge in [-0.3, -0.25) is 4.68 Å². The zero-order chi connectivity index (χ0) is 12.3. The van der Waals surface area contributed by atoms with Gasteiger partial charge in [0, 0.05) is 19.9 Å². The van der Waals surface area contributed by atoms with Crippen molar-refractivity contribution in [1.82, 2.24) is 9.78 Å². The normalized spacial score (nSPS) is 29.5. The van der Waals surface area contributed by atoms with Gasteiger partial charge >= 0.3 is 0 Å². The average Bonchev–Trinajstić information content (AvgIpc) is 2.80. The number of hydrogen-bond acceptors (Lipinski definition) is 3. The zero-order valence-corrected chi connectivity index (χ0v) is 10.7. The van der Waals surface area contributed by atoms with Crippen LogP contribution in [-0.4, -0.2) is 28.1 Å². The predicted octanol–water partition coefficient (Wildman–Crippen LogP) is 2.07. The van der Waals surface area contributed by atoms with Crippen molar-refractivity contribution in [1.29, 1.82) is 0 Å². The summed E-state index contributed by atoms with van der Waals surface area (Å²) < 4.78 is 7.28. The van der Waals surface area contributed by atoms with Crippen LogP contribution in [0.3, 0.4) is 0 Å². The maximum absolute atomic E-state index is 10.7. The summed E-state index contributed by atoms with van der Waals surface area (Å²) in [6.07, 6.45) is 6.49. The van der Waals surface area contributed by atoms with E-state index in [1.54, 1.807) is 13.3 Å². The highest BCUT2D eigenvalue weighted by molar-refractivity contribution is 5.13. The average molecular weight is 238 g/mol. The molecule has 17 heavy (non-hydrogen) atoms. The largest absolute Gasteiger partial charge is 0.384 e. The second-order valence-electron chi connectivity index (χ2n) is 4.91. The summed E-state index contributed by atoms with van der Waals surface area (Å²) >= 11 is 0. The Kier molecular flexibility index (Phi) is 3.84. The maximum Gasteiger partial charge on any atom is 0.106 e. The molecule has 0 aliphatic heterocycles. The molecule has 96 valence electrons. The Hall–Kier alpha value is -0.870. The van der Waals surface area contributed by atoms with E-state index in [4.69, 9.17) is 4.74 Å². The molecule has 2 rings (SSSR count). The van der Waals surface area contributed by atoms with Gasteiger partial charge in [0.05, 0.1) is 11.8 Å². The Bertz CT molecular complexity index is 354. The lowest BCUT2D eigenvalue weighted by Gasteiger charge is -2.35. The molecule has 1 heterocycles. The summed E-state index contributed by atoms with van der Waals surface area (Å²) in [5.41, 5.74) is 0.259. The minimum absolute atomic E-state index is 0.304. The monoisotopic (exact) mass is 238 g/mol. The number of hydrogen-bond donors (Lipinski definition) is 1. The molecule has 1 aromatic rings. The topological polar surface area (TPSA) is 47.3 Å². The summed E-state index contributed by atoms with van der Waals surface area (Å²) in [5.74, 6) is 0. The molecule has 1 aromatic heterocycles. The Labute approximate surface area is 103 Å². The lowest BCUT2D eigenvalue weighted by molar-refractivity contribution is -0.0527. The van der Waals surface area contributed by atoms with Gasteiger partial charge in [-0.05, 0) is 38.2 Å². The Balaban J connectivity index is 2.12. The molecule has 1 aliphatic rings. The molecule has 4 nitrogen and oxygen atoms in total. The minimum Gasteiger partial charge on any atom is -0.384 e. The second kappa shape index (κ2) is 5.19. The van der Waals surface area contributed by atoms with E-state index >= 15 is 0 Å². The van der Waals surface area contributed by atoms with Gasteiger partial charge in [0.15, 0.2) is 0 Å². The lowest BCUT2D eigenvalue weighted by atomic mass is 9.81. The van der Waals surface area contributed by atoms with Crippen LogP contribution in [-0.2, 0) is 16.9 Å². The van der Waals surface area contributed by atoms with E-state index in [2.05, 4.69) is 12.0 Å². The van der Waals surface area contributed by atoms with Crippen molar-refractivity contribution in [2.75, 3.05) is 7.11 Å². The van der Waals surface area contributed by atoms with E-state index in [0.29, 0.717) is 6.10 Å². The molecule has 0 unspecified atom stereocenters. The summed E-state index contributed by atoms with van der Waals surface area (Å²) in [5, 5.41) is 15.0. The van der Waals surface area contributed by atoms with Gasteiger partial charge in [-0.25, -0.2) is 0 Å². The second-order valence-corrected chi connectivity index (χ2v) is 4.91. The van der Waals surface area contributed by atoms with Crippen LogP contribution in [0.2, 0.25) is 0 Å². The molecule has 0 saturated heterocycles. The number of methoxy groups -OCH3 is 1. The highest BCUT2D eigenvalue weighted by atomic mass is 16.5. The molecule has 1 saturated carbocycles. The molecule has 1 N–H and O–H groups in total. The molecule has 4 heteroatoms. The van der Waals surface area contributed by atoms with Crippen molar-refractivity contribution in [2.45, 2.75) is 57.3 Å². The van der Waals surface area contributed by atoms with E-state index in [0.717, 1.165) is 44.3 Å². The smallest absolute Gasteiger partial charge is 0.106 e. The SMILES string of the molecule is CCCn1nccc1C1(O)CCC(OC)CC1. The van der Waals surface area contributed by atoms with Crippen LogP contribution in [0.5, 0.6) is 0 Å². The quantitative estimate of drug-likeness (QED) is 0.873. The summed E-state index contributed by atoms with van der Waals surface area (Å²) in [7, 11) is 1.75. The molecule has 0 amide bonds. The molecule has 0 atom stereocenters. The Morgan fingerprint density at radius 3 is 2.82 bits per heavy atom. The van der Waals surface area contributed by atoms with Crippen LogP contribution in [0.25, 0.3) is 0 Å². The standard InChI is InChI=1S/C13H22N2O2/c1-3-10-15-12(6-9-14-15)13(16)7-4-11(17-2)5-8-13/h6,9,11,16H,3-5,7-8,10H2,1-2H3. The molecular weight excluding hydrogens is 216 g/mol. The molecule has 0 bridgehead atoms. The van der Waals surface area contributed by atoms with E-state index in [-0.39, 0.29) is 0 Å². The number of rotatable bonds is 4. The van der Waals surface area contributed by atoms with Crippen LogP contribution in [0.15, 0.2) is 12.3 Å². The lowest BCUT2D eigenvalue weighted by Crippen LogP contribution is -2.36. The van der Waals surface area contributed by atoms with Gasteiger partial charge < -0.3 is 9.84 Å². The van der Waals surface area contributed by atoms with Gasteiger partial charge in [-0.2, -0.15) is 5.10 Å². The summed E-state index contributed by atoms with van der Waals surface area (Å²) in [6, 6.07) is 1.95. The molecule has 0 radical (unpaired) electrons. The Morgan fingerprint density at radius 2 is 2.24 bits per heavy atom. The third-order valence-corrected chi connectivity index (χ3v) is 3.72. The zero-order valence-electron chi connectivity index (χ0n) is 10.7. The molecular formula is C13H22N2O2.